The summed E-state index contributed by atoms with van der Waals surface area (Å²) in [6, 6.07) is 2.38. The summed E-state index contributed by atoms with van der Waals surface area (Å²) in [5, 5.41) is 24.4. The van der Waals surface area contributed by atoms with E-state index in [4.69, 9.17) is 11.5 Å². The molecule has 0 aliphatic carbocycles. The topological polar surface area (TPSA) is 188 Å². The number of unbranched alkanes of at least 4 members (excludes halogenated alkanes) is 1. The summed E-state index contributed by atoms with van der Waals surface area (Å²) in [5.41, 5.74) is 12.2. The molecule has 3 amide bonds. The Bertz CT molecular complexity index is 907. The standard InChI is InChI=1S/C25H39N5O6/c1-15(2)21(27)23(33)28-18(6-3-4-12-26)24(34)30-13-5-7-20(30)22(32)29-19(25(35)36)14-16-8-10-17(31)11-9-16/h8-11,15,18-21,31H,3-7,12-14,26-27H2,1-2H3,(H,28,33)(H,29,32)(H,35,36). The van der Waals surface area contributed by atoms with E-state index in [1.807, 2.05) is 13.8 Å². The zero-order chi connectivity index (χ0) is 26.8. The highest BCUT2D eigenvalue weighted by Crippen LogP contribution is 2.21. The summed E-state index contributed by atoms with van der Waals surface area (Å²) in [5.74, 6) is -2.65. The van der Waals surface area contributed by atoms with E-state index in [1.165, 1.54) is 17.0 Å². The number of likely N-dealkylation sites (tertiary alicyclic amines) is 1. The molecule has 4 unspecified atom stereocenters. The van der Waals surface area contributed by atoms with Crippen molar-refractivity contribution in [2.24, 2.45) is 17.4 Å². The lowest BCUT2D eigenvalue weighted by atomic mass is 10.0. The zero-order valence-corrected chi connectivity index (χ0v) is 21.0. The van der Waals surface area contributed by atoms with Crippen molar-refractivity contribution >= 4 is 23.7 Å². The fraction of sp³-hybridized carbons (Fsp3) is 0.600. The molecule has 0 saturated carbocycles. The van der Waals surface area contributed by atoms with Gasteiger partial charge in [0.15, 0.2) is 0 Å². The van der Waals surface area contributed by atoms with Crippen molar-refractivity contribution in [2.45, 2.75) is 76.5 Å². The van der Waals surface area contributed by atoms with Crippen LogP contribution in [0.4, 0.5) is 0 Å². The number of nitrogens with two attached hydrogens (primary N) is 2. The van der Waals surface area contributed by atoms with Crippen LogP contribution in [0.15, 0.2) is 24.3 Å². The van der Waals surface area contributed by atoms with Gasteiger partial charge in [0.25, 0.3) is 0 Å². The van der Waals surface area contributed by atoms with Crippen LogP contribution in [0.25, 0.3) is 0 Å². The quantitative estimate of drug-likeness (QED) is 0.203. The first-order valence-electron chi connectivity index (χ1n) is 12.4. The Balaban J connectivity index is 2.12. The second-order valence-electron chi connectivity index (χ2n) is 9.58. The van der Waals surface area contributed by atoms with Crippen LogP contribution in [-0.4, -0.2) is 76.1 Å². The van der Waals surface area contributed by atoms with E-state index in [1.54, 1.807) is 12.1 Å². The van der Waals surface area contributed by atoms with Gasteiger partial charge < -0.3 is 37.2 Å². The van der Waals surface area contributed by atoms with Crippen molar-refractivity contribution in [3.63, 3.8) is 0 Å². The first-order valence-corrected chi connectivity index (χ1v) is 12.4. The monoisotopic (exact) mass is 505 g/mol. The molecule has 11 nitrogen and oxygen atoms in total. The van der Waals surface area contributed by atoms with E-state index in [-0.39, 0.29) is 24.0 Å². The molecule has 1 aliphatic heterocycles. The first kappa shape index (κ1) is 29.1. The van der Waals surface area contributed by atoms with Gasteiger partial charge in [0.2, 0.25) is 17.7 Å². The third-order valence-electron chi connectivity index (χ3n) is 6.41. The number of carbonyl (C=O) groups excluding carboxylic acids is 3. The number of hydrogen-bond acceptors (Lipinski definition) is 7. The molecule has 1 heterocycles. The number of aromatic hydroxyl groups is 1. The minimum atomic E-state index is -1.21. The molecule has 11 heteroatoms. The van der Waals surface area contributed by atoms with Crippen molar-refractivity contribution < 1.29 is 29.4 Å². The third-order valence-corrected chi connectivity index (χ3v) is 6.41. The summed E-state index contributed by atoms with van der Waals surface area (Å²) in [6.45, 7) is 4.40. The second kappa shape index (κ2) is 13.8. The number of phenolic OH excluding ortho intramolecular Hbond substituents is 1. The zero-order valence-electron chi connectivity index (χ0n) is 21.0. The van der Waals surface area contributed by atoms with Crippen LogP contribution < -0.4 is 22.1 Å². The molecule has 0 radical (unpaired) electrons. The smallest absolute Gasteiger partial charge is 0.326 e. The number of nitrogens with zero attached hydrogens (tertiary/aromatic N) is 1. The van der Waals surface area contributed by atoms with Gasteiger partial charge in [0.1, 0.15) is 23.9 Å². The number of carboxylic acid groups (broad SMARTS) is 1. The number of rotatable bonds is 13. The number of carbonyl (C=O) groups is 4. The SMILES string of the molecule is CC(C)C(N)C(=O)NC(CCCCN)C(=O)N1CCCC1C(=O)NC(Cc1ccc(O)cc1)C(=O)O. The van der Waals surface area contributed by atoms with E-state index in [0.717, 1.165) is 0 Å². The Morgan fingerprint density at radius 2 is 1.75 bits per heavy atom. The Hall–Kier alpha value is -3.18. The summed E-state index contributed by atoms with van der Waals surface area (Å²) >= 11 is 0. The lowest BCUT2D eigenvalue weighted by Gasteiger charge is -2.30. The van der Waals surface area contributed by atoms with Crippen LogP contribution in [0, 0.1) is 5.92 Å². The minimum absolute atomic E-state index is 0.0207. The average Bonchev–Trinajstić information content (AvgIpc) is 3.33. The minimum Gasteiger partial charge on any atom is -0.508 e. The van der Waals surface area contributed by atoms with Crippen molar-refractivity contribution in [3.05, 3.63) is 29.8 Å². The summed E-state index contributed by atoms with van der Waals surface area (Å²) in [4.78, 5) is 52.4. The number of phenols is 1. The van der Waals surface area contributed by atoms with E-state index >= 15 is 0 Å². The third kappa shape index (κ3) is 8.20. The highest BCUT2D eigenvalue weighted by atomic mass is 16.4. The lowest BCUT2D eigenvalue weighted by molar-refractivity contribution is -0.145. The molecule has 8 N–H and O–H groups in total. The van der Waals surface area contributed by atoms with Gasteiger partial charge in [-0.05, 0) is 62.3 Å². The Morgan fingerprint density at radius 1 is 1.08 bits per heavy atom. The molecule has 1 aromatic carbocycles. The molecule has 1 fully saturated rings. The molecule has 0 aromatic heterocycles. The number of aliphatic carboxylic acids is 1. The molecular weight excluding hydrogens is 466 g/mol. The van der Waals surface area contributed by atoms with Gasteiger partial charge in [-0.1, -0.05) is 26.0 Å². The molecule has 4 atom stereocenters. The molecular formula is C25H39N5O6. The highest BCUT2D eigenvalue weighted by molar-refractivity contribution is 5.94. The van der Waals surface area contributed by atoms with Crippen LogP contribution in [0.2, 0.25) is 0 Å². The van der Waals surface area contributed by atoms with Crippen LogP contribution >= 0.6 is 0 Å². The number of hydrogen-bond donors (Lipinski definition) is 6. The van der Waals surface area contributed by atoms with Crippen LogP contribution in [0.1, 0.15) is 51.5 Å². The molecule has 1 aliphatic rings. The van der Waals surface area contributed by atoms with Gasteiger partial charge >= 0.3 is 5.97 Å². The van der Waals surface area contributed by atoms with Gasteiger partial charge in [0, 0.05) is 13.0 Å². The van der Waals surface area contributed by atoms with Gasteiger partial charge in [-0.3, -0.25) is 14.4 Å². The molecule has 0 spiro atoms. The van der Waals surface area contributed by atoms with Gasteiger partial charge in [-0.2, -0.15) is 0 Å². The molecule has 36 heavy (non-hydrogen) atoms. The van der Waals surface area contributed by atoms with Gasteiger partial charge in [-0.15, -0.1) is 0 Å². The molecule has 1 saturated heterocycles. The Kier molecular flexibility index (Phi) is 11.1. The predicted octanol–water partition coefficient (Wildman–Crippen LogP) is 0.0922. The number of carboxylic acids is 1. The maximum atomic E-state index is 13.4. The van der Waals surface area contributed by atoms with Gasteiger partial charge in [-0.25, -0.2) is 4.79 Å². The van der Waals surface area contributed by atoms with E-state index < -0.39 is 42.0 Å². The van der Waals surface area contributed by atoms with Crippen molar-refractivity contribution in [1.29, 1.82) is 0 Å². The predicted molar refractivity (Wildman–Crippen MR) is 134 cm³/mol. The number of benzene rings is 1. The van der Waals surface area contributed by atoms with Crippen LogP contribution in [0.3, 0.4) is 0 Å². The molecule has 1 aromatic rings. The number of amides is 3. The first-order chi connectivity index (χ1) is 17.0. The highest BCUT2D eigenvalue weighted by Gasteiger charge is 2.39. The molecule has 2 rings (SSSR count). The summed E-state index contributed by atoms with van der Waals surface area (Å²) < 4.78 is 0. The lowest BCUT2D eigenvalue weighted by Crippen LogP contribution is -2.57. The Morgan fingerprint density at radius 3 is 2.33 bits per heavy atom. The fourth-order valence-corrected chi connectivity index (χ4v) is 4.16. The number of nitrogens with one attached hydrogen (secondary N) is 2. The van der Waals surface area contributed by atoms with Crippen LogP contribution in [-0.2, 0) is 25.6 Å². The van der Waals surface area contributed by atoms with Gasteiger partial charge in [0.05, 0.1) is 6.04 Å². The normalized spacial score (nSPS) is 17.9. The maximum Gasteiger partial charge on any atom is 0.326 e. The average molecular weight is 506 g/mol. The van der Waals surface area contributed by atoms with Crippen molar-refractivity contribution in [2.75, 3.05) is 13.1 Å². The van der Waals surface area contributed by atoms with Crippen molar-refractivity contribution in [1.82, 2.24) is 15.5 Å². The molecule has 200 valence electrons. The summed E-state index contributed by atoms with van der Waals surface area (Å²) in [6.07, 6.45) is 2.63. The van der Waals surface area contributed by atoms with Crippen LogP contribution in [0.5, 0.6) is 5.75 Å². The fourth-order valence-electron chi connectivity index (χ4n) is 4.16. The summed E-state index contributed by atoms with van der Waals surface area (Å²) in [7, 11) is 0. The van der Waals surface area contributed by atoms with E-state index in [0.29, 0.717) is 50.8 Å². The molecule has 0 bridgehead atoms. The van der Waals surface area contributed by atoms with E-state index in [9.17, 15) is 29.4 Å². The Labute approximate surface area is 211 Å². The largest absolute Gasteiger partial charge is 0.508 e. The second-order valence-corrected chi connectivity index (χ2v) is 9.58. The maximum absolute atomic E-state index is 13.4. The van der Waals surface area contributed by atoms with E-state index in [2.05, 4.69) is 10.6 Å². The van der Waals surface area contributed by atoms with Crippen molar-refractivity contribution in [3.8, 4) is 5.75 Å².